The molecule has 1 aliphatic rings. The van der Waals surface area contributed by atoms with Crippen molar-refractivity contribution < 1.29 is 0 Å². The van der Waals surface area contributed by atoms with E-state index < -0.39 is 11.1 Å². The van der Waals surface area contributed by atoms with Crippen molar-refractivity contribution in [2.45, 2.75) is 18.9 Å². The second-order valence-corrected chi connectivity index (χ2v) is 8.47. The summed E-state index contributed by atoms with van der Waals surface area (Å²) in [6.45, 7) is 1.47. The highest BCUT2D eigenvalue weighted by Crippen LogP contribution is 2.32. The van der Waals surface area contributed by atoms with E-state index in [1.165, 1.54) is 10.8 Å². The van der Waals surface area contributed by atoms with Crippen LogP contribution in [0, 0.1) is 0 Å². The molecule has 0 aromatic carbocycles. The van der Waals surface area contributed by atoms with Crippen LogP contribution in [0.2, 0.25) is 5.02 Å². The molecule has 0 amide bonds. The number of hydrogen-bond donors (Lipinski definition) is 0. The number of pyridine rings is 2. The standard InChI is InChI=1S/C19H17ClN6O2S/c1-24-14-9-11(20)10-22-15(14)26(18(28)17(24)27)12-4-7-25(8-5-12)19-23-13-3-2-6-21-16(13)29-19/h2-3,6,9-10,12H,4-5,7-8H2,1H3. The van der Waals surface area contributed by atoms with Crippen LogP contribution in [0.15, 0.2) is 40.2 Å². The van der Waals surface area contributed by atoms with Crippen molar-refractivity contribution in [3.05, 3.63) is 56.3 Å². The molecule has 29 heavy (non-hydrogen) atoms. The van der Waals surface area contributed by atoms with E-state index in [0.29, 0.717) is 16.2 Å². The van der Waals surface area contributed by atoms with Crippen molar-refractivity contribution >= 4 is 49.6 Å². The van der Waals surface area contributed by atoms with Gasteiger partial charge in [0, 0.05) is 38.6 Å². The SMILES string of the molecule is Cn1c(=O)c(=O)n(C2CCN(c3nc4cccnc4s3)CC2)c2ncc(Cl)cc21. The Balaban J connectivity index is 1.48. The monoisotopic (exact) mass is 428 g/mol. The van der Waals surface area contributed by atoms with Crippen LogP contribution < -0.4 is 16.0 Å². The summed E-state index contributed by atoms with van der Waals surface area (Å²) >= 11 is 7.63. The molecule has 0 N–H and O–H groups in total. The topological polar surface area (TPSA) is 85.9 Å². The summed E-state index contributed by atoms with van der Waals surface area (Å²) < 4.78 is 2.86. The van der Waals surface area contributed by atoms with Crippen LogP contribution in [-0.4, -0.2) is 37.2 Å². The number of piperidine rings is 1. The molecule has 0 spiro atoms. The molecule has 0 atom stereocenters. The predicted octanol–water partition coefficient (Wildman–Crippen LogP) is 2.59. The highest BCUT2D eigenvalue weighted by molar-refractivity contribution is 7.21. The Morgan fingerprint density at radius 2 is 1.97 bits per heavy atom. The number of rotatable bonds is 2. The minimum atomic E-state index is -0.568. The van der Waals surface area contributed by atoms with Gasteiger partial charge in [-0.25, -0.2) is 15.0 Å². The lowest BCUT2D eigenvalue weighted by Crippen LogP contribution is -2.45. The summed E-state index contributed by atoms with van der Waals surface area (Å²) in [5.41, 5.74) is 0.828. The molecule has 1 saturated heterocycles. The molecule has 1 fully saturated rings. The Bertz CT molecular complexity index is 1320. The summed E-state index contributed by atoms with van der Waals surface area (Å²) in [4.78, 5) is 41.8. The maximum atomic E-state index is 12.8. The van der Waals surface area contributed by atoms with Crippen LogP contribution in [0.3, 0.4) is 0 Å². The van der Waals surface area contributed by atoms with Crippen LogP contribution in [0.1, 0.15) is 18.9 Å². The van der Waals surface area contributed by atoms with E-state index in [9.17, 15) is 9.59 Å². The van der Waals surface area contributed by atoms with E-state index in [0.717, 1.165) is 41.4 Å². The van der Waals surface area contributed by atoms with Gasteiger partial charge in [-0.2, -0.15) is 0 Å². The molecule has 4 aromatic rings. The molecule has 1 aliphatic heterocycles. The molecule has 0 bridgehead atoms. The van der Waals surface area contributed by atoms with Gasteiger partial charge >= 0.3 is 11.1 Å². The molecule has 8 nitrogen and oxygen atoms in total. The van der Waals surface area contributed by atoms with Crippen molar-refractivity contribution in [1.82, 2.24) is 24.1 Å². The van der Waals surface area contributed by atoms with Crippen LogP contribution in [0.4, 0.5) is 5.13 Å². The van der Waals surface area contributed by atoms with Crippen LogP contribution in [0.25, 0.3) is 21.5 Å². The molecule has 0 aliphatic carbocycles. The van der Waals surface area contributed by atoms with Crippen molar-refractivity contribution in [3.63, 3.8) is 0 Å². The fourth-order valence-corrected chi connectivity index (χ4v) is 4.97. The number of aryl methyl sites for hydroxylation is 1. The van der Waals surface area contributed by atoms with Gasteiger partial charge < -0.3 is 9.47 Å². The number of fused-ring (bicyclic) bond motifs is 2. The molecule has 5 heterocycles. The molecular formula is C19H17ClN6O2S. The summed E-state index contributed by atoms with van der Waals surface area (Å²) in [5, 5.41) is 1.36. The fraction of sp³-hybridized carbons (Fsp3) is 0.316. The van der Waals surface area contributed by atoms with Crippen molar-refractivity contribution in [3.8, 4) is 0 Å². The first-order valence-corrected chi connectivity index (χ1v) is 10.5. The van der Waals surface area contributed by atoms with Gasteiger partial charge in [0.2, 0.25) is 0 Å². The van der Waals surface area contributed by atoms with Crippen molar-refractivity contribution in [2.24, 2.45) is 7.05 Å². The smallest absolute Gasteiger partial charge is 0.318 e. The van der Waals surface area contributed by atoms with Crippen LogP contribution in [-0.2, 0) is 7.05 Å². The van der Waals surface area contributed by atoms with Crippen molar-refractivity contribution in [1.29, 1.82) is 0 Å². The first-order chi connectivity index (χ1) is 14.0. The van der Waals surface area contributed by atoms with Crippen LogP contribution >= 0.6 is 22.9 Å². The number of nitrogens with zero attached hydrogens (tertiary/aromatic N) is 6. The molecule has 10 heteroatoms. The zero-order valence-electron chi connectivity index (χ0n) is 15.6. The van der Waals surface area contributed by atoms with E-state index in [1.807, 2.05) is 12.1 Å². The molecule has 0 unspecified atom stereocenters. The first-order valence-electron chi connectivity index (χ1n) is 9.26. The summed E-state index contributed by atoms with van der Waals surface area (Å²) in [5.74, 6) is 0. The fourth-order valence-electron chi connectivity index (χ4n) is 3.85. The zero-order chi connectivity index (χ0) is 20.1. The number of thiazole rings is 1. The third-order valence-corrected chi connectivity index (χ3v) is 6.61. The molecule has 148 valence electrons. The van der Waals surface area contributed by atoms with Gasteiger partial charge in [0.05, 0.1) is 10.5 Å². The highest BCUT2D eigenvalue weighted by atomic mass is 35.5. The largest absolute Gasteiger partial charge is 0.348 e. The Morgan fingerprint density at radius 1 is 1.17 bits per heavy atom. The van der Waals surface area contributed by atoms with E-state index in [2.05, 4.69) is 19.9 Å². The maximum Gasteiger partial charge on any atom is 0.318 e. The lowest BCUT2D eigenvalue weighted by molar-refractivity contribution is 0.392. The molecular weight excluding hydrogens is 412 g/mol. The van der Waals surface area contributed by atoms with E-state index in [-0.39, 0.29) is 6.04 Å². The predicted molar refractivity (Wildman–Crippen MR) is 114 cm³/mol. The first kappa shape index (κ1) is 18.3. The maximum absolute atomic E-state index is 12.8. The number of aromatic nitrogens is 5. The number of hydrogen-bond acceptors (Lipinski definition) is 7. The minimum Gasteiger partial charge on any atom is -0.348 e. The Morgan fingerprint density at radius 3 is 2.72 bits per heavy atom. The molecule has 5 rings (SSSR count). The third-order valence-electron chi connectivity index (χ3n) is 5.37. The normalized spacial score (nSPS) is 15.4. The Kier molecular flexibility index (Phi) is 4.36. The number of halogens is 1. The lowest BCUT2D eigenvalue weighted by Gasteiger charge is -2.33. The van der Waals surface area contributed by atoms with E-state index in [4.69, 9.17) is 11.6 Å². The molecule has 0 saturated carbocycles. The summed E-state index contributed by atoms with van der Waals surface area (Å²) in [6, 6.07) is 5.41. The van der Waals surface area contributed by atoms with Gasteiger partial charge in [-0.05, 0) is 31.0 Å². The van der Waals surface area contributed by atoms with Gasteiger partial charge in [-0.1, -0.05) is 22.9 Å². The highest BCUT2D eigenvalue weighted by Gasteiger charge is 2.26. The van der Waals surface area contributed by atoms with Gasteiger partial charge in [-0.3, -0.25) is 14.2 Å². The van der Waals surface area contributed by atoms with Gasteiger partial charge in [0.1, 0.15) is 10.3 Å². The van der Waals surface area contributed by atoms with Gasteiger partial charge in [0.15, 0.2) is 10.8 Å². The molecule has 4 aromatic heterocycles. The summed E-state index contributed by atoms with van der Waals surface area (Å²) in [6.07, 6.45) is 4.71. The second kappa shape index (κ2) is 6.93. The average molecular weight is 429 g/mol. The number of anilines is 1. The average Bonchev–Trinajstić information content (AvgIpc) is 3.17. The second-order valence-electron chi connectivity index (χ2n) is 7.08. The van der Waals surface area contributed by atoms with Gasteiger partial charge in [0.25, 0.3) is 0 Å². The van der Waals surface area contributed by atoms with E-state index >= 15 is 0 Å². The van der Waals surface area contributed by atoms with Crippen molar-refractivity contribution in [2.75, 3.05) is 18.0 Å². The quantitative estimate of drug-likeness (QED) is 0.456. The third kappa shape index (κ3) is 3.01. The van der Waals surface area contributed by atoms with E-state index in [1.54, 1.807) is 35.2 Å². The Labute approximate surface area is 174 Å². The van der Waals surface area contributed by atoms with Gasteiger partial charge in [-0.15, -0.1) is 0 Å². The summed E-state index contributed by atoms with van der Waals surface area (Å²) in [7, 11) is 1.57. The minimum absolute atomic E-state index is 0.101. The van der Waals surface area contributed by atoms with Crippen LogP contribution in [0.5, 0.6) is 0 Å². The zero-order valence-corrected chi connectivity index (χ0v) is 17.2. The Hall–Kier alpha value is -2.78. The molecule has 0 radical (unpaired) electrons. The lowest BCUT2D eigenvalue weighted by atomic mass is 10.0.